The van der Waals surface area contributed by atoms with Gasteiger partial charge in [0, 0.05) is 12.2 Å². The van der Waals surface area contributed by atoms with Crippen molar-refractivity contribution >= 4 is 5.82 Å². The Bertz CT molecular complexity index is 905. The van der Waals surface area contributed by atoms with E-state index in [4.69, 9.17) is 0 Å². The molecular weight excluding hydrogens is 328 g/mol. The molecule has 136 valence electrons. The lowest BCUT2D eigenvalue weighted by Gasteiger charge is -2.14. The maximum Gasteiger partial charge on any atom is 0.151 e. The zero-order valence-electron chi connectivity index (χ0n) is 15.6. The van der Waals surface area contributed by atoms with Crippen LogP contribution < -0.4 is 5.32 Å². The molecule has 26 heavy (non-hydrogen) atoms. The molecule has 0 saturated heterocycles. The Kier molecular flexibility index (Phi) is 5.27. The monoisotopic (exact) mass is 352 g/mol. The van der Waals surface area contributed by atoms with E-state index < -0.39 is 0 Å². The normalized spacial score (nSPS) is 12.2. The molecule has 3 heterocycles. The molecule has 0 unspecified atom stereocenters. The summed E-state index contributed by atoms with van der Waals surface area (Å²) in [5.74, 6) is 0.788. The van der Waals surface area contributed by atoms with Gasteiger partial charge in [-0.1, -0.05) is 6.92 Å². The molecule has 0 bridgehead atoms. The van der Waals surface area contributed by atoms with Crippen molar-refractivity contribution in [3.63, 3.8) is 0 Å². The first-order valence-corrected chi connectivity index (χ1v) is 8.74. The molecule has 0 radical (unpaired) electrons. The standard InChI is InChI=1S/C19H24N6O/c1-5-13(3)21-19-12(2)8-16(23-24-19)15-6-7-18(17(10-26)22-15)25-9-14(4)20-11-25/h6-9,11,13,26H,5,10H2,1-4H3,(H,21,24)/t13-/m0/s1. The first-order chi connectivity index (χ1) is 12.5. The molecule has 0 aliphatic rings. The number of anilines is 1. The van der Waals surface area contributed by atoms with Crippen molar-refractivity contribution in [1.82, 2.24) is 24.7 Å². The third kappa shape index (κ3) is 3.72. The highest BCUT2D eigenvalue weighted by atomic mass is 16.3. The molecule has 0 saturated carbocycles. The van der Waals surface area contributed by atoms with Gasteiger partial charge in [0.25, 0.3) is 0 Å². The number of aromatic nitrogens is 5. The van der Waals surface area contributed by atoms with Gasteiger partial charge in [0.2, 0.25) is 0 Å². The Hall–Kier alpha value is -2.80. The van der Waals surface area contributed by atoms with Crippen LogP contribution >= 0.6 is 0 Å². The number of aliphatic hydroxyl groups excluding tert-OH is 1. The van der Waals surface area contributed by atoms with Crippen LogP contribution in [0, 0.1) is 13.8 Å². The van der Waals surface area contributed by atoms with Gasteiger partial charge in [-0.15, -0.1) is 10.2 Å². The van der Waals surface area contributed by atoms with Gasteiger partial charge in [0.15, 0.2) is 5.82 Å². The summed E-state index contributed by atoms with van der Waals surface area (Å²) in [6.07, 6.45) is 4.62. The average Bonchev–Trinajstić information content (AvgIpc) is 3.08. The Balaban J connectivity index is 1.93. The fraction of sp³-hybridized carbons (Fsp3) is 0.368. The van der Waals surface area contributed by atoms with E-state index in [0.29, 0.717) is 23.1 Å². The molecule has 0 fully saturated rings. The molecule has 0 aliphatic heterocycles. The van der Waals surface area contributed by atoms with Crippen LogP contribution in [-0.2, 0) is 6.61 Å². The van der Waals surface area contributed by atoms with E-state index in [-0.39, 0.29) is 6.61 Å². The molecule has 7 nitrogen and oxygen atoms in total. The van der Waals surface area contributed by atoms with Crippen molar-refractivity contribution in [2.75, 3.05) is 5.32 Å². The number of nitrogens with zero attached hydrogens (tertiary/aromatic N) is 5. The van der Waals surface area contributed by atoms with Crippen molar-refractivity contribution in [2.45, 2.75) is 46.8 Å². The lowest BCUT2D eigenvalue weighted by molar-refractivity contribution is 0.276. The molecule has 3 aromatic rings. The molecule has 0 aliphatic carbocycles. The van der Waals surface area contributed by atoms with Crippen LogP contribution in [0.2, 0.25) is 0 Å². The van der Waals surface area contributed by atoms with E-state index in [0.717, 1.165) is 29.2 Å². The van der Waals surface area contributed by atoms with E-state index in [1.165, 1.54) is 0 Å². The SMILES string of the molecule is CC[C@H](C)Nc1nnc(-c2ccc(-n3cnc(C)c3)c(CO)n2)cc1C. The summed E-state index contributed by atoms with van der Waals surface area (Å²) in [5.41, 5.74) is 4.65. The van der Waals surface area contributed by atoms with Crippen LogP contribution in [0.1, 0.15) is 37.2 Å². The molecule has 1 atom stereocenters. The number of nitrogens with one attached hydrogen (secondary N) is 1. The highest BCUT2D eigenvalue weighted by molar-refractivity contribution is 5.60. The zero-order valence-corrected chi connectivity index (χ0v) is 15.6. The summed E-state index contributed by atoms with van der Waals surface area (Å²) in [5, 5.41) is 21.7. The predicted octanol–water partition coefficient (Wildman–Crippen LogP) is 3.04. The topological polar surface area (TPSA) is 88.8 Å². The summed E-state index contributed by atoms with van der Waals surface area (Å²) < 4.78 is 1.85. The summed E-state index contributed by atoms with van der Waals surface area (Å²) in [4.78, 5) is 8.80. The van der Waals surface area contributed by atoms with Crippen LogP contribution in [0.5, 0.6) is 0 Å². The van der Waals surface area contributed by atoms with Crippen LogP contribution in [0.25, 0.3) is 17.1 Å². The number of rotatable bonds is 6. The number of aliphatic hydroxyl groups is 1. The molecule has 0 aromatic carbocycles. The van der Waals surface area contributed by atoms with E-state index in [9.17, 15) is 5.11 Å². The largest absolute Gasteiger partial charge is 0.390 e. The van der Waals surface area contributed by atoms with Crippen molar-refractivity contribution in [1.29, 1.82) is 0 Å². The van der Waals surface area contributed by atoms with E-state index >= 15 is 0 Å². The predicted molar refractivity (Wildman–Crippen MR) is 101 cm³/mol. The minimum atomic E-state index is -0.166. The van der Waals surface area contributed by atoms with Crippen LogP contribution in [0.3, 0.4) is 0 Å². The van der Waals surface area contributed by atoms with Crippen LogP contribution in [0.4, 0.5) is 5.82 Å². The fourth-order valence-electron chi connectivity index (χ4n) is 2.63. The molecular formula is C19H24N6O. The van der Waals surface area contributed by atoms with Crippen molar-refractivity contribution in [3.05, 3.63) is 47.7 Å². The zero-order chi connectivity index (χ0) is 18.7. The molecule has 3 aromatic heterocycles. The van der Waals surface area contributed by atoms with Gasteiger partial charge >= 0.3 is 0 Å². The number of imidazole rings is 1. The number of hydrogen-bond acceptors (Lipinski definition) is 6. The minimum Gasteiger partial charge on any atom is -0.390 e. The maximum atomic E-state index is 9.74. The summed E-state index contributed by atoms with van der Waals surface area (Å²) in [7, 11) is 0. The van der Waals surface area contributed by atoms with Gasteiger partial charge in [0.05, 0.1) is 35.7 Å². The molecule has 3 rings (SSSR count). The van der Waals surface area contributed by atoms with Gasteiger partial charge in [-0.05, 0) is 51.0 Å². The van der Waals surface area contributed by atoms with Crippen LogP contribution in [0.15, 0.2) is 30.7 Å². The second-order valence-electron chi connectivity index (χ2n) is 6.46. The molecule has 0 amide bonds. The van der Waals surface area contributed by atoms with Crippen molar-refractivity contribution in [3.8, 4) is 17.1 Å². The van der Waals surface area contributed by atoms with Gasteiger partial charge < -0.3 is 15.0 Å². The first-order valence-electron chi connectivity index (χ1n) is 8.74. The third-order valence-corrected chi connectivity index (χ3v) is 4.33. The molecule has 2 N–H and O–H groups in total. The maximum absolute atomic E-state index is 9.74. The molecule has 7 heteroatoms. The third-order valence-electron chi connectivity index (χ3n) is 4.33. The first kappa shape index (κ1) is 18.0. The average molecular weight is 352 g/mol. The highest BCUT2D eigenvalue weighted by Crippen LogP contribution is 2.22. The Morgan fingerprint density at radius 1 is 1.19 bits per heavy atom. The minimum absolute atomic E-state index is 0.166. The van der Waals surface area contributed by atoms with Gasteiger partial charge in [-0.25, -0.2) is 9.97 Å². The molecule has 0 spiro atoms. The van der Waals surface area contributed by atoms with E-state index in [1.54, 1.807) is 6.33 Å². The Morgan fingerprint density at radius 2 is 2.00 bits per heavy atom. The number of aryl methyl sites for hydroxylation is 2. The second kappa shape index (κ2) is 7.61. The highest BCUT2D eigenvalue weighted by Gasteiger charge is 2.12. The second-order valence-corrected chi connectivity index (χ2v) is 6.46. The number of pyridine rings is 1. The van der Waals surface area contributed by atoms with Gasteiger partial charge in [0.1, 0.15) is 5.69 Å². The Labute approximate surface area is 153 Å². The summed E-state index contributed by atoms with van der Waals surface area (Å²) in [6.45, 7) is 7.99. The van der Waals surface area contributed by atoms with Gasteiger partial charge in [-0.2, -0.15) is 0 Å². The lowest BCUT2D eigenvalue weighted by atomic mass is 10.1. The Morgan fingerprint density at radius 3 is 2.62 bits per heavy atom. The lowest BCUT2D eigenvalue weighted by Crippen LogP contribution is -2.16. The fourth-order valence-corrected chi connectivity index (χ4v) is 2.63. The quantitative estimate of drug-likeness (QED) is 0.709. The van der Waals surface area contributed by atoms with Crippen LogP contribution in [-0.4, -0.2) is 35.9 Å². The smallest absolute Gasteiger partial charge is 0.151 e. The van der Waals surface area contributed by atoms with Crippen molar-refractivity contribution < 1.29 is 5.11 Å². The van der Waals surface area contributed by atoms with Gasteiger partial charge in [-0.3, -0.25) is 0 Å². The van der Waals surface area contributed by atoms with E-state index in [2.05, 4.69) is 39.3 Å². The van der Waals surface area contributed by atoms with E-state index in [1.807, 2.05) is 42.8 Å². The summed E-state index contributed by atoms with van der Waals surface area (Å²) in [6, 6.07) is 6.10. The van der Waals surface area contributed by atoms with Crippen molar-refractivity contribution in [2.24, 2.45) is 0 Å². The number of hydrogen-bond donors (Lipinski definition) is 2. The summed E-state index contributed by atoms with van der Waals surface area (Å²) >= 11 is 0.